The molecule has 0 aliphatic carbocycles. The summed E-state index contributed by atoms with van der Waals surface area (Å²) in [6, 6.07) is 14.8. The highest BCUT2D eigenvalue weighted by Crippen LogP contribution is 2.19. The Kier molecular flexibility index (Phi) is 8.26. The summed E-state index contributed by atoms with van der Waals surface area (Å²) in [6.45, 7) is 7.24. The molecule has 2 aromatic carbocycles. The lowest BCUT2D eigenvalue weighted by atomic mass is 9.96. The monoisotopic (exact) mass is 412 g/mol. The zero-order valence-corrected chi connectivity index (χ0v) is 18.1. The maximum Gasteiger partial charge on any atom is 0.224 e. The first kappa shape index (κ1) is 22.3. The zero-order valence-electron chi connectivity index (χ0n) is 18.1. The van der Waals surface area contributed by atoms with Gasteiger partial charge in [-0.15, -0.1) is 0 Å². The third-order valence-corrected chi connectivity index (χ3v) is 5.43. The van der Waals surface area contributed by atoms with Crippen molar-refractivity contribution in [3.05, 3.63) is 65.5 Å². The van der Waals surface area contributed by atoms with Crippen molar-refractivity contribution in [2.24, 2.45) is 5.92 Å². The quantitative estimate of drug-likeness (QED) is 0.613. The average Bonchev–Trinajstić information content (AvgIpc) is 2.74. The summed E-state index contributed by atoms with van der Waals surface area (Å²) in [6.07, 6.45) is 3.98. The maximum absolute atomic E-state index is 13.1. The van der Waals surface area contributed by atoms with Gasteiger partial charge in [0.15, 0.2) is 0 Å². The van der Waals surface area contributed by atoms with Crippen LogP contribution in [0.4, 0.5) is 4.39 Å². The molecule has 3 rings (SSSR count). The van der Waals surface area contributed by atoms with Crippen LogP contribution >= 0.6 is 0 Å². The van der Waals surface area contributed by atoms with Crippen molar-refractivity contribution in [3.63, 3.8) is 0 Å². The van der Waals surface area contributed by atoms with Gasteiger partial charge in [0.05, 0.1) is 12.0 Å². The third-order valence-electron chi connectivity index (χ3n) is 5.43. The van der Waals surface area contributed by atoms with Crippen molar-refractivity contribution >= 4 is 5.91 Å². The van der Waals surface area contributed by atoms with Gasteiger partial charge in [0.1, 0.15) is 11.6 Å². The molecular weight excluding hydrogens is 379 g/mol. The molecule has 162 valence electrons. The Hall–Kier alpha value is -2.40. The number of hydrogen-bond acceptors (Lipinski definition) is 3. The molecule has 5 heteroatoms. The molecule has 0 aromatic heterocycles. The molecule has 30 heavy (non-hydrogen) atoms. The van der Waals surface area contributed by atoms with Crippen molar-refractivity contribution in [2.75, 3.05) is 19.6 Å². The first-order chi connectivity index (χ1) is 14.5. The normalized spacial score (nSPS) is 17.1. The van der Waals surface area contributed by atoms with E-state index in [1.165, 1.54) is 17.7 Å². The molecule has 0 unspecified atom stereocenters. The first-order valence-electron chi connectivity index (χ1n) is 11.0. The highest BCUT2D eigenvalue weighted by atomic mass is 19.1. The molecular formula is C25H33FN2O2. The minimum absolute atomic E-state index is 0.0339. The second kappa shape index (κ2) is 11.1. The minimum atomic E-state index is -0.213. The van der Waals surface area contributed by atoms with Gasteiger partial charge in [-0.25, -0.2) is 4.39 Å². The molecule has 1 aliphatic heterocycles. The van der Waals surface area contributed by atoms with Gasteiger partial charge in [-0.2, -0.15) is 0 Å². The fourth-order valence-electron chi connectivity index (χ4n) is 3.92. The lowest BCUT2D eigenvalue weighted by Gasteiger charge is -2.32. The standard InChI is InChI=1S/C25H33FN2O2/c1-19(2)30-24-13-9-20(10-14-24)5-3-15-27-25(29)22-6-4-16-28(18-22)17-21-7-11-23(26)12-8-21/h7-14,19,22H,3-6,15-18H2,1-2H3,(H,27,29)/t22-/m1/s1. The smallest absolute Gasteiger partial charge is 0.224 e. The molecule has 0 bridgehead atoms. The van der Waals surface area contributed by atoms with Crippen LogP contribution in [-0.4, -0.2) is 36.5 Å². The van der Waals surface area contributed by atoms with Crippen LogP contribution in [0.3, 0.4) is 0 Å². The van der Waals surface area contributed by atoms with E-state index in [0.29, 0.717) is 6.54 Å². The van der Waals surface area contributed by atoms with Crippen LogP contribution in [0.15, 0.2) is 48.5 Å². The number of amides is 1. The number of carbonyl (C=O) groups excluding carboxylic acids is 1. The molecule has 1 fully saturated rings. The number of hydrogen-bond donors (Lipinski definition) is 1. The molecule has 0 saturated carbocycles. The second-order valence-electron chi connectivity index (χ2n) is 8.41. The molecule has 1 heterocycles. The van der Waals surface area contributed by atoms with Crippen LogP contribution in [0.25, 0.3) is 0 Å². The van der Waals surface area contributed by atoms with Crippen molar-refractivity contribution in [3.8, 4) is 5.75 Å². The summed E-state index contributed by atoms with van der Waals surface area (Å²) in [4.78, 5) is 14.9. The first-order valence-corrected chi connectivity index (χ1v) is 11.0. The lowest BCUT2D eigenvalue weighted by Crippen LogP contribution is -2.42. The van der Waals surface area contributed by atoms with Crippen molar-refractivity contribution in [1.29, 1.82) is 0 Å². The number of nitrogens with one attached hydrogen (secondary N) is 1. The van der Waals surface area contributed by atoms with Crippen molar-refractivity contribution < 1.29 is 13.9 Å². The summed E-state index contributed by atoms with van der Waals surface area (Å²) in [5.41, 5.74) is 2.34. The molecule has 1 amide bonds. The van der Waals surface area contributed by atoms with E-state index in [1.54, 1.807) is 0 Å². The van der Waals surface area contributed by atoms with E-state index in [0.717, 1.165) is 56.6 Å². The van der Waals surface area contributed by atoms with E-state index >= 15 is 0 Å². The van der Waals surface area contributed by atoms with E-state index in [2.05, 4.69) is 22.3 Å². The number of likely N-dealkylation sites (tertiary alicyclic amines) is 1. The zero-order chi connectivity index (χ0) is 21.3. The highest BCUT2D eigenvalue weighted by Gasteiger charge is 2.25. The Bertz CT molecular complexity index is 790. The molecule has 1 N–H and O–H groups in total. The average molecular weight is 413 g/mol. The summed E-state index contributed by atoms with van der Waals surface area (Å²) in [5, 5.41) is 3.11. The Labute approximate surface area is 179 Å². The Morgan fingerprint density at radius 2 is 1.83 bits per heavy atom. The van der Waals surface area contributed by atoms with Crippen LogP contribution in [0.1, 0.15) is 44.2 Å². The van der Waals surface area contributed by atoms with Gasteiger partial charge in [0, 0.05) is 19.6 Å². The predicted molar refractivity (Wildman–Crippen MR) is 118 cm³/mol. The van der Waals surface area contributed by atoms with E-state index in [-0.39, 0.29) is 23.7 Å². The van der Waals surface area contributed by atoms with E-state index in [4.69, 9.17) is 4.74 Å². The topological polar surface area (TPSA) is 41.6 Å². The molecule has 1 saturated heterocycles. The van der Waals surface area contributed by atoms with E-state index < -0.39 is 0 Å². The van der Waals surface area contributed by atoms with Crippen molar-refractivity contribution in [1.82, 2.24) is 10.2 Å². The van der Waals surface area contributed by atoms with Crippen LogP contribution in [-0.2, 0) is 17.8 Å². The SMILES string of the molecule is CC(C)Oc1ccc(CCCNC(=O)[C@@H]2CCCN(Cc3ccc(F)cc3)C2)cc1. The van der Waals surface area contributed by atoms with Crippen LogP contribution in [0.2, 0.25) is 0 Å². The number of halogens is 1. The summed E-state index contributed by atoms with van der Waals surface area (Å²) in [5.74, 6) is 0.866. The van der Waals surface area contributed by atoms with Crippen molar-refractivity contribution in [2.45, 2.75) is 52.2 Å². The number of nitrogens with zero attached hydrogens (tertiary/aromatic N) is 1. The fraction of sp³-hybridized carbons (Fsp3) is 0.480. The summed E-state index contributed by atoms with van der Waals surface area (Å²) >= 11 is 0. The fourth-order valence-corrected chi connectivity index (χ4v) is 3.92. The van der Waals surface area contributed by atoms with Gasteiger partial charge < -0.3 is 10.1 Å². The maximum atomic E-state index is 13.1. The Morgan fingerprint density at radius 1 is 1.13 bits per heavy atom. The number of ether oxygens (including phenoxy) is 1. The summed E-state index contributed by atoms with van der Waals surface area (Å²) < 4.78 is 18.7. The van der Waals surface area contributed by atoms with Gasteiger partial charge >= 0.3 is 0 Å². The number of aryl methyl sites for hydroxylation is 1. The highest BCUT2D eigenvalue weighted by molar-refractivity contribution is 5.78. The molecule has 1 atom stereocenters. The van der Waals surface area contributed by atoms with Crippen LogP contribution in [0, 0.1) is 11.7 Å². The number of benzene rings is 2. The van der Waals surface area contributed by atoms with Gasteiger partial charge in [-0.05, 0) is 81.5 Å². The number of piperidine rings is 1. The van der Waals surface area contributed by atoms with Crippen LogP contribution in [0.5, 0.6) is 5.75 Å². The minimum Gasteiger partial charge on any atom is -0.491 e. The van der Waals surface area contributed by atoms with E-state index in [9.17, 15) is 9.18 Å². The second-order valence-corrected chi connectivity index (χ2v) is 8.41. The Morgan fingerprint density at radius 3 is 2.53 bits per heavy atom. The van der Waals surface area contributed by atoms with Gasteiger partial charge in [-0.1, -0.05) is 24.3 Å². The molecule has 4 nitrogen and oxygen atoms in total. The summed E-state index contributed by atoms with van der Waals surface area (Å²) in [7, 11) is 0. The Balaban J connectivity index is 1.37. The van der Waals surface area contributed by atoms with Gasteiger partial charge in [0.2, 0.25) is 5.91 Å². The van der Waals surface area contributed by atoms with Gasteiger partial charge in [0.25, 0.3) is 0 Å². The number of carbonyl (C=O) groups is 1. The molecule has 2 aromatic rings. The van der Waals surface area contributed by atoms with Crippen LogP contribution < -0.4 is 10.1 Å². The van der Waals surface area contributed by atoms with E-state index in [1.807, 2.05) is 38.1 Å². The molecule has 0 radical (unpaired) electrons. The molecule has 1 aliphatic rings. The largest absolute Gasteiger partial charge is 0.491 e. The predicted octanol–water partition coefficient (Wildman–Crippen LogP) is 4.57. The lowest BCUT2D eigenvalue weighted by molar-refractivity contribution is -0.126. The van der Waals surface area contributed by atoms with Gasteiger partial charge in [-0.3, -0.25) is 9.69 Å². The third kappa shape index (κ3) is 7.13. The number of rotatable bonds is 9. The molecule has 0 spiro atoms.